The zero-order chi connectivity index (χ0) is 15.4. The minimum atomic E-state index is -0.102. The van der Waals surface area contributed by atoms with Crippen LogP contribution in [0.15, 0.2) is 28.1 Å². The van der Waals surface area contributed by atoms with Gasteiger partial charge in [-0.15, -0.1) is 0 Å². The first-order valence-electron chi connectivity index (χ1n) is 8.13. The van der Waals surface area contributed by atoms with E-state index >= 15 is 0 Å². The number of carbonyl (C=O) groups excluding carboxylic acids is 1. The van der Waals surface area contributed by atoms with E-state index in [1.807, 2.05) is 12.1 Å². The molecule has 1 aromatic carbocycles. The third kappa shape index (κ3) is 3.83. The van der Waals surface area contributed by atoms with Crippen molar-refractivity contribution in [3.05, 3.63) is 23.8 Å². The van der Waals surface area contributed by atoms with Crippen molar-refractivity contribution >= 4 is 29.4 Å². The molecule has 0 aromatic heterocycles. The maximum absolute atomic E-state index is 12.2. The first-order valence-corrected chi connectivity index (χ1v) is 8.94. The molecule has 1 aliphatic heterocycles. The van der Waals surface area contributed by atoms with Crippen molar-refractivity contribution in [1.82, 2.24) is 10.0 Å². The highest BCUT2D eigenvalue weighted by atomic mass is 32.2. The van der Waals surface area contributed by atoms with Crippen LogP contribution >= 0.6 is 11.9 Å². The average molecular weight is 317 g/mol. The molecule has 118 valence electrons. The fourth-order valence-corrected chi connectivity index (χ4v) is 3.90. The minimum absolute atomic E-state index is 0.102. The van der Waals surface area contributed by atoms with Crippen LogP contribution in [-0.2, 0) is 4.79 Å². The molecule has 5 heteroatoms. The second kappa shape index (κ2) is 7.18. The third-order valence-corrected chi connectivity index (χ3v) is 5.23. The molecule has 1 fully saturated rings. The Bertz CT molecular complexity index is 579. The van der Waals surface area contributed by atoms with Crippen LogP contribution in [0.25, 0.3) is 0 Å². The van der Waals surface area contributed by atoms with Crippen LogP contribution < -0.4 is 10.0 Å². The Morgan fingerprint density at radius 3 is 3.00 bits per heavy atom. The second-order valence-electron chi connectivity index (χ2n) is 6.18. The van der Waals surface area contributed by atoms with Crippen LogP contribution in [0.4, 0.5) is 5.69 Å². The number of aliphatic imine (C=N–C) groups is 1. The lowest BCUT2D eigenvalue weighted by Gasteiger charge is -2.21. The van der Waals surface area contributed by atoms with E-state index in [2.05, 4.69) is 28.0 Å². The molecule has 1 saturated carbocycles. The number of aryl methyl sites for hydroxylation is 1. The normalized spacial score (nSPS) is 18.1. The first-order chi connectivity index (χ1) is 10.7. The van der Waals surface area contributed by atoms with Gasteiger partial charge in [-0.05, 0) is 48.9 Å². The molecule has 4 nitrogen and oxygen atoms in total. The van der Waals surface area contributed by atoms with E-state index in [4.69, 9.17) is 0 Å². The lowest BCUT2D eigenvalue weighted by molar-refractivity contribution is -0.115. The molecule has 22 heavy (non-hydrogen) atoms. The molecular weight excluding hydrogens is 294 g/mol. The molecule has 0 unspecified atom stereocenters. The fourth-order valence-electron chi connectivity index (χ4n) is 3.09. The number of hydrogen-bond donors (Lipinski definition) is 2. The maximum Gasteiger partial charge on any atom is 0.287 e. The SMILES string of the molecule is Cc1ccc2c(c1)SNC(C(=O)NCCC1CCCCC1)=N2. The van der Waals surface area contributed by atoms with Gasteiger partial charge in [0.15, 0.2) is 0 Å². The molecule has 2 aliphatic rings. The molecule has 0 spiro atoms. The first kappa shape index (κ1) is 15.4. The molecule has 3 rings (SSSR count). The number of benzene rings is 1. The quantitative estimate of drug-likeness (QED) is 0.832. The van der Waals surface area contributed by atoms with Gasteiger partial charge >= 0.3 is 0 Å². The number of fused-ring (bicyclic) bond motifs is 1. The summed E-state index contributed by atoms with van der Waals surface area (Å²) in [6.07, 6.45) is 7.79. The van der Waals surface area contributed by atoms with Crippen molar-refractivity contribution in [2.75, 3.05) is 6.54 Å². The van der Waals surface area contributed by atoms with Gasteiger partial charge in [0.1, 0.15) is 0 Å². The Kier molecular flexibility index (Phi) is 5.03. The van der Waals surface area contributed by atoms with Crippen LogP contribution in [0, 0.1) is 12.8 Å². The van der Waals surface area contributed by atoms with E-state index < -0.39 is 0 Å². The van der Waals surface area contributed by atoms with Gasteiger partial charge in [-0.2, -0.15) is 0 Å². The minimum Gasteiger partial charge on any atom is -0.349 e. The Labute approximate surface area is 136 Å². The number of amidine groups is 1. The maximum atomic E-state index is 12.2. The lowest BCUT2D eigenvalue weighted by Crippen LogP contribution is -2.39. The van der Waals surface area contributed by atoms with Crippen LogP contribution in [0.1, 0.15) is 44.1 Å². The smallest absolute Gasteiger partial charge is 0.287 e. The summed E-state index contributed by atoms with van der Waals surface area (Å²) in [5, 5.41) is 3.00. The summed E-state index contributed by atoms with van der Waals surface area (Å²) in [5.74, 6) is 1.09. The van der Waals surface area contributed by atoms with Crippen molar-refractivity contribution in [3.8, 4) is 0 Å². The Balaban J connectivity index is 1.53. The second-order valence-corrected chi connectivity index (χ2v) is 7.03. The Hall–Kier alpha value is -1.49. The van der Waals surface area contributed by atoms with E-state index in [0.717, 1.165) is 29.5 Å². The number of nitrogens with zero attached hydrogens (tertiary/aromatic N) is 1. The van der Waals surface area contributed by atoms with Crippen LogP contribution in [0.5, 0.6) is 0 Å². The zero-order valence-electron chi connectivity index (χ0n) is 13.0. The van der Waals surface area contributed by atoms with E-state index in [9.17, 15) is 4.79 Å². The number of nitrogens with one attached hydrogen (secondary N) is 2. The molecule has 1 aliphatic carbocycles. The molecule has 1 heterocycles. The topological polar surface area (TPSA) is 53.5 Å². The predicted molar refractivity (Wildman–Crippen MR) is 91.5 cm³/mol. The molecule has 0 bridgehead atoms. The summed E-state index contributed by atoms with van der Waals surface area (Å²) >= 11 is 1.46. The molecular formula is C17H23N3OS. The highest BCUT2D eigenvalue weighted by Crippen LogP contribution is 2.32. The summed E-state index contributed by atoms with van der Waals surface area (Å²) < 4.78 is 3.05. The zero-order valence-corrected chi connectivity index (χ0v) is 13.8. The molecule has 0 atom stereocenters. The van der Waals surface area contributed by atoms with Crippen LogP contribution in [0.2, 0.25) is 0 Å². The number of hydrogen-bond acceptors (Lipinski definition) is 4. The number of carbonyl (C=O) groups is 1. The molecule has 0 radical (unpaired) electrons. The van der Waals surface area contributed by atoms with Gasteiger partial charge in [0.05, 0.1) is 10.6 Å². The fraction of sp³-hybridized carbons (Fsp3) is 0.529. The van der Waals surface area contributed by atoms with Crippen LogP contribution in [-0.4, -0.2) is 18.3 Å². The number of amides is 1. The van der Waals surface area contributed by atoms with E-state index in [1.54, 1.807) is 0 Å². The summed E-state index contributed by atoms with van der Waals surface area (Å²) in [6.45, 7) is 2.80. The Morgan fingerprint density at radius 1 is 1.36 bits per heavy atom. The van der Waals surface area contributed by atoms with Gasteiger partial charge < -0.3 is 10.0 Å². The molecule has 1 aromatic rings. The Morgan fingerprint density at radius 2 is 2.18 bits per heavy atom. The summed E-state index contributed by atoms with van der Waals surface area (Å²) in [7, 11) is 0. The highest BCUT2D eigenvalue weighted by Gasteiger charge is 2.19. The van der Waals surface area contributed by atoms with Gasteiger partial charge in [0.25, 0.3) is 5.91 Å². The van der Waals surface area contributed by atoms with Crippen molar-refractivity contribution in [2.24, 2.45) is 10.9 Å². The molecule has 2 N–H and O–H groups in total. The van der Waals surface area contributed by atoms with Gasteiger partial charge in [0, 0.05) is 6.54 Å². The third-order valence-electron chi connectivity index (χ3n) is 4.38. The summed E-state index contributed by atoms with van der Waals surface area (Å²) in [5.41, 5.74) is 2.07. The highest BCUT2D eigenvalue weighted by molar-refractivity contribution is 7.98. The monoisotopic (exact) mass is 317 g/mol. The van der Waals surface area contributed by atoms with Gasteiger partial charge in [0.2, 0.25) is 5.84 Å². The lowest BCUT2D eigenvalue weighted by atomic mass is 9.87. The van der Waals surface area contributed by atoms with Crippen LogP contribution in [0.3, 0.4) is 0 Å². The summed E-state index contributed by atoms with van der Waals surface area (Å²) in [4.78, 5) is 17.7. The standard InChI is InChI=1S/C17H23N3OS/c1-12-7-8-14-15(11-12)22-20-16(19-14)17(21)18-10-9-13-5-3-2-4-6-13/h7-8,11,13H,2-6,9-10H2,1H3,(H,18,21)(H,19,20). The van der Waals surface area contributed by atoms with Gasteiger partial charge in [-0.25, -0.2) is 4.99 Å². The largest absolute Gasteiger partial charge is 0.349 e. The molecule has 1 amide bonds. The van der Waals surface area contributed by atoms with Crippen molar-refractivity contribution in [2.45, 2.75) is 50.3 Å². The van der Waals surface area contributed by atoms with Crippen molar-refractivity contribution in [1.29, 1.82) is 0 Å². The van der Waals surface area contributed by atoms with Gasteiger partial charge in [-0.3, -0.25) is 4.79 Å². The van der Waals surface area contributed by atoms with E-state index in [-0.39, 0.29) is 5.91 Å². The van der Waals surface area contributed by atoms with E-state index in [0.29, 0.717) is 5.84 Å². The predicted octanol–water partition coefficient (Wildman–Crippen LogP) is 3.72. The number of rotatable bonds is 4. The molecule has 0 saturated heterocycles. The van der Waals surface area contributed by atoms with E-state index in [1.165, 1.54) is 49.6 Å². The average Bonchev–Trinajstić information content (AvgIpc) is 2.55. The van der Waals surface area contributed by atoms with Crippen molar-refractivity contribution < 1.29 is 4.79 Å². The van der Waals surface area contributed by atoms with Gasteiger partial charge in [-0.1, -0.05) is 38.2 Å². The summed E-state index contributed by atoms with van der Waals surface area (Å²) in [6, 6.07) is 6.06. The van der Waals surface area contributed by atoms with Crippen molar-refractivity contribution in [3.63, 3.8) is 0 Å².